The van der Waals surface area contributed by atoms with Crippen LogP contribution in [0.2, 0.25) is 0 Å². The average molecular weight is 431 g/mol. The van der Waals surface area contributed by atoms with E-state index in [1.54, 1.807) is 12.1 Å². The monoisotopic (exact) mass is 431 g/mol. The Morgan fingerprint density at radius 2 is 1.76 bits per heavy atom. The van der Waals surface area contributed by atoms with Crippen molar-refractivity contribution >= 4 is 16.0 Å². The molecule has 1 amide bonds. The van der Waals surface area contributed by atoms with Gasteiger partial charge in [-0.3, -0.25) is 4.79 Å². The van der Waals surface area contributed by atoms with Crippen molar-refractivity contribution in [3.63, 3.8) is 0 Å². The van der Waals surface area contributed by atoms with E-state index in [1.807, 2.05) is 0 Å². The topological polar surface area (TPSA) is 72.9 Å². The number of hydrogen-bond acceptors (Lipinski definition) is 5. The van der Waals surface area contributed by atoms with Gasteiger partial charge in [-0.05, 0) is 42.0 Å². The Bertz CT molecular complexity index is 943. The largest absolute Gasteiger partial charge is 0.416 e. The van der Waals surface area contributed by atoms with Crippen LogP contribution in [0.4, 0.5) is 13.2 Å². The Labute approximate surface area is 167 Å². The molecule has 0 aliphatic heterocycles. The summed E-state index contributed by atoms with van der Waals surface area (Å²) in [6, 6.07) is 10.1. The van der Waals surface area contributed by atoms with Gasteiger partial charge >= 0.3 is 16.3 Å². The summed E-state index contributed by atoms with van der Waals surface area (Å²) in [5, 5.41) is 0. The molecule has 0 fully saturated rings. The third kappa shape index (κ3) is 7.06. The number of amides is 1. The lowest BCUT2D eigenvalue weighted by Crippen LogP contribution is -2.33. The van der Waals surface area contributed by atoms with Crippen molar-refractivity contribution in [3.05, 3.63) is 65.2 Å². The van der Waals surface area contributed by atoms with Crippen molar-refractivity contribution in [3.8, 4) is 5.75 Å². The van der Waals surface area contributed by atoms with E-state index in [-0.39, 0.29) is 31.0 Å². The number of carbonyl (C=O) groups is 1. The van der Waals surface area contributed by atoms with Gasteiger partial charge in [-0.25, -0.2) is 0 Å². The average Bonchev–Trinajstić information content (AvgIpc) is 2.63. The van der Waals surface area contributed by atoms with Crippen LogP contribution in [0.1, 0.15) is 21.5 Å². The summed E-state index contributed by atoms with van der Waals surface area (Å²) >= 11 is 0. The van der Waals surface area contributed by atoms with E-state index in [2.05, 4.69) is 0 Å². The summed E-state index contributed by atoms with van der Waals surface area (Å²) in [6.45, 7) is 0.490. The van der Waals surface area contributed by atoms with Crippen molar-refractivity contribution in [2.24, 2.45) is 0 Å². The fraction of sp³-hybridized carbons (Fsp3) is 0.316. The Morgan fingerprint density at radius 1 is 1.10 bits per heavy atom. The first-order valence-corrected chi connectivity index (χ1v) is 10.2. The highest BCUT2D eigenvalue weighted by Gasteiger charge is 2.30. The molecule has 0 aliphatic carbocycles. The molecule has 0 atom stereocenters. The van der Waals surface area contributed by atoms with E-state index in [0.29, 0.717) is 5.56 Å². The lowest BCUT2D eigenvalue weighted by atomic mass is 10.1. The Kier molecular flexibility index (Phi) is 7.26. The molecule has 0 spiro atoms. The number of methoxy groups -OCH3 is 1. The maximum Gasteiger partial charge on any atom is 0.416 e. The molecule has 0 aromatic heterocycles. The number of alkyl halides is 3. The fourth-order valence-corrected chi connectivity index (χ4v) is 2.98. The maximum absolute atomic E-state index is 12.8. The summed E-state index contributed by atoms with van der Waals surface area (Å²) in [7, 11) is -2.24. The van der Waals surface area contributed by atoms with E-state index in [9.17, 15) is 26.4 Å². The van der Waals surface area contributed by atoms with Gasteiger partial charge in [0.1, 0.15) is 5.75 Å². The Hall–Kier alpha value is -2.59. The van der Waals surface area contributed by atoms with Gasteiger partial charge in [-0.15, -0.1) is 0 Å². The molecule has 2 aromatic carbocycles. The number of carbonyl (C=O) groups excluding carboxylic acids is 1. The standard InChI is InChI=1S/C19H20F3NO5S/c1-27-11-10-23(13-14-4-3-5-17(12-14)28-29(2,25)26)18(24)15-6-8-16(9-7-15)19(20,21)22/h3-9,12H,10-11,13H2,1-2H3. The van der Waals surface area contributed by atoms with Crippen LogP contribution < -0.4 is 4.18 Å². The third-order valence-electron chi connectivity index (χ3n) is 3.83. The molecule has 0 aliphatic rings. The molecule has 0 heterocycles. The van der Waals surface area contributed by atoms with Crippen LogP contribution in [-0.4, -0.2) is 45.7 Å². The van der Waals surface area contributed by atoms with Crippen LogP contribution in [0.25, 0.3) is 0 Å². The van der Waals surface area contributed by atoms with Crippen molar-refractivity contribution in [2.45, 2.75) is 12.7 Å². The number of nitrogens with zero attached hydrogens (tertiary/aromatic N) is 1. The van der Waals surface area contributed by atoms with E-state index < -0.39 is 27.8 Å². The second-order valence-electron chi connectivity index (χ2n) is 6.23. The molecule has 2 rings (SSSR count). The fourth-order valence-electron chi connectivity index (χ4n) is 2.53. The van der Waals surface area contributed by atoms with E-state index in [4.69, 9.17) is 8.92 Å². The zero-order valence-electron chi connectivity index (χ0n) is 15.8. The maximum atomic E-state index is 12.8. The molecule has 0 N–H and O–H groups in total. The lowest BCUT2D eigenvalue weighted by molar-refractivity contribution is -0.137. The summed E-state index contributed by atoms with van der Waals surface area (Å²) in [4.78, 5) is 14.2. The van der Waals surface area contributed by atoms with Gasteiger partial charge in [-0.1, -0.05) is 12.1 Å². The Balaban J connectivity index is 2.23. The highest BCUT2D eigenvalue weighted by molar-refractivity contribution is 7.86. The molecule has 0 saturated heterocycles. The van der Waals surface area contributed by atoms with E-state index >= 15 is 0 Å². The van der Waals surface area contributed by atoms with Gasteiger partial charge in [0.15, 0.2) is 0 Å². The summed E-state index contributed by atoms with van der Waals surface area (Å²) in [5.74, 6) is -0.385. The third-order valence-corrected chi connectivity index (χ3v) is 4.33. The molecule has 29 heavy (non-hydrogen) atoms. The highest BCUT2D eigenvalue weighted by atomic mass is 32.2. The van der Waals surface area contributed by atoms with Crippen LogP contribution in [0.5, 0.6) is 5.75 Å². The second-order valence-corrected chi connectivity index (χ2v) is 7.80. The number of halogens is 3. The van der Waals surface area contributed by atoms with Crippen molar-refractivity contribution in [1.82, 2.24) is 4.90 Å². The molecule has 6 nitrogen and oxygen atoms in total. The van der Waals surface area contributed by atoms with Crippen LogP contribution in [0, 0.1) is 0 Å². The summed E-state index contributed by atoms with van der Waals surface area (Å²) in [5.41, 5.74) is -0.164. The van der Waals surface area contributed by atoms with Crippen LogP contribution in [-0.2, 0) is 27.6 Å². The SMILES string of the molecule is COCCN(Cc1cccc(OS(C)(=O)=O)c1)C(=O)c1ccc(C(F)(F)F)cc1. The lowest BCUT2D eigenvalue weighted by Gasteiger charge is -2.23. The molecular formula is C19H20F3NO5S. The van der Waals surface area contributed by atoms with Gasteiger partial charge in [-0.2, -0.15) is 21.6 Å². The predicted octanol–water partition coefficient (Wildman–Crippen LogP) is 3.33. The number of hydrogen-bond donors (Lipinski definition) is 0. The molecule has 0 radical (unpaired) electrons. The predicted molar refractivity (Wildman–Crippen MR) is 100.0 cm³/mol. The second kappa shape index (κ2) is 9.27. The van der Waals surface area contributed by atoms with Crippen LogP contribution in [0.15, 0.2) is 48.5 Å². The first-order chi connectivity index (χ1) is 13.5. The zero-order valence-corrected chi connectivity index (χ0v) is 16.6. The van der Waals surface area contributed by atoms with Gasteiger partial charge < -0.3 is 13.8 Å². The van der Waals surface area contributed by atoms with E-state index in [0.717, 1.165) is 30.5 Å². The zero-order chi connectivity index (χ0) is 21.7. The normalized spacial score (nSPS) is 11.9. The van der Waals surface area contributed by atoms with E-state index in [1.165, 1.54) is 24.1 Å². The molecule has 0 bridgehead atoms. The molecule has 0 unspecified atom stereocenters. The van der Waals surface area contributed by atoms with Crippen molar-refractivity contribution in [1.29, 1.82) is 0 Å². The molecule has 0 saturated carbocycles. The molecule has 158 valence electrons. The van der Waals surface area contributed by atoms with Crippen molar-refractivity contribution < 1.29 is 35.3 Å². The van der Waals surface area contributed by atoms with Crippen LogP contribution >= 0.6 is 0 Å². The molecular weight excluding hydrogens is 411 g/mol. The number of benzene rings is 2. The molecule has 2 aromatic rings. The smallest absolute Gasteiger partial charge is 0.383 e. The first-order valence-electron chi connectivity index (χ1n) is 8.43. The quantitative estimate of drug-likeness (QED) is 0.600. The van der Waals surface area contributed by atoms with Gasteiger partial charge in [0.05, 0.1) is 18.4 Å². The van der Waals surface area contributed by atoms with Gasteiger partial charge in [0.2, 0.25) is 0 Å². The van der Waals surface area contributed by atoms with Gasteiger partial charge in [0, 0.05) is 25.8 Å². The minimum Gasteiger partial charge on any atom is -0.383 e. The summed E-state index contributed by atoms with van der Waals surface area (Å²) < 4.78 is 70.6. The molecule has 10 heteroatoms. The van der Waals surface area contributed by atoms with Crippen molar-refractivity contribution in [2.75, 3.05) is 26.5 Å². The van der Waals surface area contributed by atoms with Crippen LogP contribution in [0.3, 0.4) is 0 Å². The number of rotatable bonds is 8. The highest BCUT2D eigenvalue weighted by Crippen LogP contribution is 2.29. The Morgan fingerprint density at radius 3 is 2.31 bits per heavy atom. The number of ether oxygens (including phenoxy) is 1. The van der Waals surface area contributed by atoms with Gasteiger partial charge in [0.25, 0.3) is 5.91 Å². The summed E-state index contributed by atoms with van der Waals surface area (Å²) in [6.07, 6.45) is -3.57. The first kappa shape index (κ1) is 22.7. The minimum absolute atomic E-state index is 0.0875. The minimum atomic E-state index is -4.49.